The maximum atomic E-state index is 12.7. The zero-order valence-electron chi connectivity index (χ0n) is 14.5. The van der Waals surface area contributed by atoms with Gasteiger partial charge in [-0.15, -0.1) is 12.4 Å². The van der Waals surface area contributed by atoms with Crippen LogP contribution in [0.5, 0.6) is 0 Å². The number of carbonyl (C=O) groups is 1. The van der Waals surface area contributed by atoms with Crippen LogP contribution in [0.2, 0.25) is 5.02 Å². The normalized spacial score (nSPS) is 25.2. The lowest BCUT2D eigenvalue weighted by Gasteiger charge is -2.38. The molecule has 0 bridgehead atoms. The molecule has 6 heteroatoms. The van der Waals surface area contributed by atoms with Gasteiger partial charge in [-0.1, -0.05) is 30.2 Å². The van der Waals surface area contributed by atoms with Gasteiger partial charge in [0, 0.05) is 36.1 Å². The van der Waals surface area contributed by atoms with Crippen LogP contribution in [0.3, 0.4) is 0 Å². The molecule has 0 spiro atoms. The number of nitrogens with one attached hydrogen (secondary N) is 1. The minimum absolute atomic E-state index is 0. The number of benzene rings is 1. The van der Waals surface area contributed by atoms with Crippen molar-refractivity contribution in [2.75, 3.05) is 26.3 Å². The Kier molecular flexibility index (Phi) is 7.56. The van der Waals surface area contributed by atoms with Crippen LogP contribution in [0.1, 0.15) is 37.7 Å². The maximum absolute atomic E-state index is 12.7. The molecule has 1 aliphatic carbocycles. The molecule has 1 saturated carbocycles. The van der Waals surface area contributed by atoms with Crippen LogP contribution in [0.4, 0.5) is 0 Å². The highest BCUT2D eigenvalue weighted by molar-refractivity contribution is 6.30. The van der Waals surface area contributed by atoms with Crippen molar-refractivity contribution in [2.24, 2.45) is 17.6 Å². The first-order valence-corrected chi connectivity index (χ1v) is 9.34. The maximum Gasteiger partial charge on any atom is 0.223 e. The number of carbonyl (C=O) groups excluding carboxylic acids is 1. The van der Waals surface area contributed by atoms with Crippen molar-refractivity contribution in [3.05, 3.63) is 34.9 Å². The van der Waals surface area contributed by atoms with Crippen molar-refractivity contribution in [1.82, 2.24) is 5.32 Å². The smallest absolute Gasteiger partial charge is 0.223 e. The van der Waals surface area contributed by atoms with E-state index in [2.05, 4.69) is 17.4 Å². The third kappa shape index (κ3) is 4.68. The van der Waals surface area contributed by atoms with Gasteiger partial charge in [-0.25, -0.2) is 0 Å². The van der Waals surface area contributed by atoms with Crippen LogP contribution in [0.25, 0.3) is 0 Å². The molecule has 25 heavy (non-hydrogen) atoms. The van der Waals surface area contributed by atoms with Gasteiger partial charge in [-0.05, 0) is 55.8 Å². The lowest BCUT2D eigenvalue weighted by atomic mass is 9.74. The zero-order chi connectivity index (χ0) is 17.0. The Labute approximate surface area is 161 Å². The second-order valence-corrected chi connectivity index (χ2v) is 7.59. The van der Waals surface area contributed by atoms with E-state index in [4.69, 9.17) is 22.1 Å². The average molecular weight is 387 g/mol. The summed E-state index contributed by atoms with van der Waals surface area (Å²) in [4.78, 5) is 12.7. The minimum atomic E-state index is -0.0602. The zero-order valence-corrected chi connectivity index (χ0v) is 16.1. The highest BCUT2D eigenvalue weighted by atomic mass is 35.5. The first-order valence-electron chi connectivity index (χ1n) is 8.96. The molecule has 1 aromatic carbocycles. The largest absolute Gasteiger partial charge is 0.381 e. The van der Waals surface area contributed by atoms with Gasteiger partial charge in [0.1, 0.15) is 0 Å². The predicted molar refractivity (Wildman–Crippen MR) is 103 cm³/mol. The molecule has 1 aromatic rings. The molecule has 4 nitrogen and oxygen atoms in total. The highest BCUT2D eigenvalue weighted by Gasteiger charge is 2.37. The second-order valence-electron chi connectivity index (χ2n) is 7.15. The molecule has 140 valence electrons. The number of nitrogens with two attached hydrogens (primary N) is 1. The molecule has 0 radical (unpaired) electrons. The summed E-state index contributed by atoms with van der Waals surface area (Å²) in [5.74, 6) is 0.589. The van der Waals surface area contributed by atoms with Gasteiger partial charge < -0.3 is 15.8 Å². The molecule has 3 rings (SSSR count). The Hall–Kier alpha value is -0.810. The van der Waals surface area contributed by atoms with Gasteiger partial charge >= 0.3 is 0 Å². The fourth-order valence-electron chi connectivity index (χ4n) is 4.18. The summed E-state index contributed by atoms with van der Waals surface area (Å²) >= 11 is 6.04. The summed E-state index contributed by atoms with van der Waals surface area (Å²) < 4.78 is 5.56. The molecule has 1 saturated heterocycles. The number of hydrogen-bond acceptors (Lipinski definition) is 3. The molecule has 2 atom stereocenters. The summed E-state index contributed by atoms with van der Waals surface area (Å²) in [6, 6.07) is 8.02. The average Bonchev–Trinajstić information content (AvgIpc) is 3.10. The summed E-state index contributed by atoms with van der Waals surface area (Å²) in [6.07, 6.45) is 4.98. The molecule has 1 aliphatic heterocycles. The standard InChI is InChI=1S/C19H27ClN2O2.ClH/c20-16-6-4-15(5-7-16)19(8-10-24-11-9-19)13-22-18(23)17-3-1-2-14(17)12-21;/h4-7,14,17H,1-3,8-13,21H2,(H,22,23);1H/t14-,17-;/m1./s1. The lowest BCUT2D eigenvalue weighted by molar-refractivity contribution is -0.126. The molecule has 3 N–H and O–H groups in total. The second kappa shape index (κ2) is 9.22. The Balaban J connectivity index is 0.00000225. The fraction of sp³-hybridized carbons (Fsp3) is 0.632. The van der Waals surface area contributed by atoms with E-state index in [1.165, 1.54) is 5.56 Å². The number of rotatable bonds is 5. The predicted octanol–water partition coefficient (Wildman–Crippen LogP) is 3.30. The van der Waals surface area contributed by atoms with Gasteiger partial charge in [0.25, 0.3) is 0 Å². The van der Waals surface area contributed by atoms with Crippen LogP contribution >= 0.6 is 24.0 Å². The molecular formula is C19H28Cl2N2O2. The Morgan fingerprint density at radius 2 is 1.92 bits per heavy atom. The highest BCUT2D eigenvalue weighted by Crippen LogP contribution is 2.36. The molecule has 1 heterocycles. The summed E-state index contributed by atoms with van der Waals surface area (Å²) in [5.41, 5.74) is 7.00. The van der Waals surface area contributed by atoms with Gasteiger partial charge in [0.05, 0.1) is 0 Å². The van der Waals surface area contributed by atoms with Crippen molar-refractivity contribution in [1.29, 1.82) is 0 Å². The molecule has 0 aromatic heterocycles. The molecule has 2 fully saturated rings. The van der Waals surface area contributed by atoms with Gasteiger partial charge in [-0.2, -0.15) is 0 Å². The van der Waals surface area contributed by atoms with Crippen molar-refractivity contribution in [2.45, 2.75) is 37.5 Å². The van der Waals surface area contributed by atoms with Gasteiger partial charge in [0.2, 0.25) is 5.91 Å². The first kappa shape index (κ1) is 20.5. The number of hydrogen-bond donors (Lipinski definition) is 2. The monoisotopic (exact) mass is 386 g/mol. The van der Waals surface area contributed by atoms with E-state index in [0.29, 0.717) is 19.0 Å². The van der Waals surface area contributed by atoms with E-state index in [9.17, 15) is 4.79 Å². The minimum Gasteiger partial charge on any atom is -0.381 e. The van der Waals surface area contributed by atoms with Gasteiger partial charge in [-0.3, -0.25) is 4.79 Å². The van der Waals surface area contributed by atoms with E-state index in [0.717, 1.165) is 50.3 Å². The summed E-state index contributed by atoms with van der Waals surface area (Å²) in [5, 5.41) is 3.97. The van der Waals surface area contributed by atoms with Crippen molar-refractivity contribution in [3.63, 3.8) is 0 Å². The number of halogens is 2. The van der Waals surface area contributed by atoms with E-state index in [1.807, 2.05) is 12.1 Å². The van der Waals surface area contributed by atoms with Crippen LogP contribution in [0.15, 0.2) is 24.3 Å². The Morgan fingerprint density at radius 3 is 2.56 bits per heavy atom. The van der Waals surface area contributed by atoms with Crippen LogP contribution in [-0.4, -0.2) is 32.2 Å². The van der Waals surface area contributed by atoms with E-state index in [-0.39, 0.29) is 29.6 Å². The van der Waals surface area contributed by atoms with Gasteiger partial charge in [0.15, 0.2) is 0 Å². The molecule has 0 unspecified atom stereocenters. The van der Waals surface area contributed by atoms with Crippen LogP contribution in [0, 0.1) is 11.8 Å². The van der Waals surface area contributed by atoms with Crippen molar-refractivity contribution < 1.29 is 9.53 Å². The van der Waals surface area contributed by atoms with E-state index < -0.39 is 0 Å². The fourth-order valence-corrected chi connectivity index (χ4v) is 4.31. The molecule has 1 amide bonds. The first-order chi connectivity index (χ1) is 11.6. The van der Waals surface area contributed by atoms with Crippen molar-refractivity contribution >= 4 is 29.9 Å². The Morgan fingerprint density at radius 1 is 1.24 bits per heavy atom. The molecule has 2 aliphatic rings. The topological polar surface area (TPSA) is 64.4 Å². The Bertz CT molecular complexity index is 559. The molecular weight excluding hydrogens is 359 g/mol. The summed E-state index contributed by atoms with van der Waals surface area (Å²) in [7, 11) is 0. The SMILES string of the molecule is Cl.NC[C@H]1CCC[C@H]1C(=O)NCC1(c2ccc(Cl)cc2)CCOCC1. The van der Waals surface area contributed by atoms with Crippen LogP contribution < -0.4 is 11.1 Å². The number of amides is 1. The van der Waals surface area contributed by atoms with E-state index in [1.54, 1.807) is 0 Å². The quantitative estimate of drug-likeness (QED) is 0.815. The third-order valence-electron chi connectivity index (χ3n) is 5.81. The van der Waals surface area contributed by atoms with Crippen molar-refractivity contribution in [3.8, 4) is 0 Å². The third-order valence-corrected chi connectivity index (χ3v) is 6.06. The van der Waals surface area contributed by atoms with Crippen LogP contribution in [-0.2, 0) is 14.9 Å². The summed E-state index contributed by atoms with van der Waals surface area (Å²) in [6.45, 7) is 2.72. The number of ether oxygens (including phenoxy) is 1. The lowest BCUT2D eigenvalue weighted by Crippen LogP contribution is -2.46. The van der Waals surface area contributed by atoms with E-state index >= 15 is 0 Å².